The summed E-state index contributed by atoms with van der Waals surface area (Å²) in [4.78, 5) is 61.8. The van der Waals surface area contributed by atoms with E-state index in [9.17, 15) is 24.5 Å². The number of rotatable bonds is 10. The Kier molecular flexibility index (Phi) is 8.19. The average Bonchev–Trinajstić information content (AvgIpc) is 3.74. The fourth-order valence-electron chi connectivity index (χ4n) is 5.74. The molecule has 4 aromatic rings. The number of non-ortho nitro benzene ring substituents is 1. The van der Waals surface area contributed by atoms with Crippen LogP contribution in [0.5, 0.6) is 0 Å². The van der Waals surface area contributed by atoms with Gasteiger partial charge in [-0.1, -0.05) is 36.4 Å². The maximum atomic E-state index is 13.4. The van der Waals surface area contributed by atoms with Crippen molar-refractivity contribution < 1.29 is 19.3 Å². The standard InChI is InChI=1S/C33H31N7O5/c1-20(41)35-33-34-19-28(38-33)22-10-12-24(13-11-22)36-31(30-26-18-25(40(44)45)14-15-27(26)37-32(30)43)23-8-6-21(7-9-23)4-2-16-39-17-3-5-29(39)42/h6-15,18-19,30H,2-5,16-17H2,1H3,(H,37,43)(H2,34,35,38,41). The summed E-state index contributed by atoms with van der Waals surface area (Å²) in [6.45, 7) is 2.95. The Morgan fingerprint density at radius 3 is 2.58 bits per heavy atom. The number of aromatic nitrogens is 2. The number of aliphatic imine (C=N–C) groups is 1. The molecule has 3 amide bonds. The first-order chi connectivity index (χ1) is 21.7. The first-order valence-corrected chi connectivity index (χ1v) is 14.7. The van der Waals surface area contributed by atoms with E-state index in [0.29, 0.717) is 46.3 Å². The highest BCUT2D eigenvalue weighted by Crippen LogP contribution is 2.38. The molecule has 0 radical (unpaired) electrons. The second kappa shape index (κ2) is 12.5. The molecule has 1 unspecified atom stereocenters. The predicted octanol–water partition coefficient (Wildman–Crippen LogP) is 5.36. The number of likely N-dealkylation sites (tertiary alicyclic amines) is 1. The molecular formula is C33H31N7O5. The smallest absolute Gasteiger partial charge is 0.269 e. The van der Waals surface area contributed by atoms with Crippen molar-refractivity contribution in [2.45, 2.75) is 38.5 Å². The molecule has 3 heterocycles. The Morgan fingerprint density at radius 1 is 1.11 bits per heavy atom. The lowest BCUT2D eigenvalue weighted by atomic mass is 9.89. The van der Waals surface area contributed by atoms with Gasteiger partial charge in [-0.15, -0.1) is 0 Å². The van der Waals surface area contributed by atoms with Crippen LogP contribution in [0.4, 0.5) is 23.0 Å². The predicted molar refractivity (Wildman–Crippen MR) is 170 cm³/mol. The number of nitrogens with one attached hydrogen (secondary N) is 3. The molecule has 12 nitrogen and oxygen atoms in total. The monoisotopic (exact) mass is 605 g/mol. The summed E-state index contributed by atoms with van der Waals surface area (Å²) >= 11 is 0. The first kappa shape index (κ1) is 29.4. The number of fused-ring (bicyclic) bond motifs is 1. The Balaban J connectivity index is 1.30. The van der Waals surface area contributed by atoms with E-state index >= 15 is 0 Å². The molecule has 2 aliphatic rings. The first-order valence-electron chi connectivity index (χ1n) is 14.7. The summed E-state index contributed by atoms with van der Waals surface area (Å²) < 4.78 is 0. The van der Waals surface area contributed by atoms with Gasteiger partial charge in [0.15, 0.2) is 0 Å². The summed E-state index contributed by atoms with van der Waals surface area (Å²) in [5, 5.41) is 17.0. The number of nitrogens with zero attached hydrogens (tertiary/aromatic N) is 4. The zero-order chi connectivity index (χ0) is 31.5. The number of aryl methyl sites for hydroxylation is 1. The van der Waals surface area contributed by atoms with Crippen molar-refractivity contribution in [1.82, 2.24) is 14.9 Å². The van der Waals surface area contributed by atoms with Gasteiger partial charge in [0.05, 0.1) is 28.2 Å². The number of benzene rings is 3. The van der Waals surface area contributed by atoms with Crippen LogP contribution in [0, 0.1) is 10.1 Å². The van der Waals surface area contributed by atoms with Gasteiger partial charge in [-0.3, -0.25) is 34.8 Å². The van der Waals surface area contributed by atoms with Gasteiger partial charge in [-0.2, -0.15) is 0 Å². The van der Waals surface area contributed by atoms with E-state index in [1.165, 1.54) is 19.1 Å². The molecule has 12 heteroatoms. The van der Waals surface area contributed by atoms with Gasteiger partial charge in [0.2, 0.25) is 23.7 Å². The van der Waals surface area contributed by atoms with Crippen LogP contribution < -0.4 is 10.6 Å². The summed E-state index contributed by atoms with van der Waals surface area (Å²) in [5.41, 5.74) is 5.28. The quantitative estimate of drug-likeness (QED) is 0.125. The molecule has 0 spiro atoms. The third kappa shape index (κ3) is 6.49. The summed E-state index contributed by atoms with van der Waals surface area (Å²) in [5.74, 6) is -0.853. The van der Waals surface area contributed by atoms with E-state index in [4.69, 9.17) is 4.99 Å². The largest absolute Gasteiger partial charge is 0.343 e. The highest BCUT2D eigenvalue weighted by Gasteiger charge is 2.36. The number of anilines is 2. The number of H-pyrrole nitrogens is 1. The van der Waals surface area contributed by atoms with Crippen molar-refractivity contribution in [3.63, 3.8) is 0 Å². The van der Waals surface area contributed by atoms with Crippen LogP contribution in [0.25, 0.3) is 11.3 Å². The van der Waals surface area contributed by atoms with Gasteiger partial charge >= 0.3 is 0 Å². The molecule has 6 rings (SSSR count). The summed E-state index contributed by atoms with van der Waals surface area (Å²) in [7, 11) is 0. The van der Waals surface area contributed by atoms with Crippen LogP contribution in [0.1, 0.15) is 48.8 Å². The van der Waals surface area contributed by atoms with Gasteiger partial charge in [-0.25, -0.2) is 4.98 Å². The van der Waals surface area contributed by atoms with Crippen molar-refractivity contribution in [2.24, 2.45) is 4.99 Å². The zero-order valence-electron chi connectivity index (χ0n) is 24.6. The second-order valence-corrected chi connectivity index (χ2v) is 11.1. The molecule has 0 saturated carbocycles. The van der Waals surface area contributed by atoms with Gasteiger partial charge in [-0.05, 0) is 54.2 Å². The fourth-order valence-corrected chi connectivity index (χ4v) is 5.74. The molecular weight excluding hydrogens is 574 g/mol. The average molecular weight is 606 g/mol. The molecule has 228 valence electrons. The summed E-state index contributed by atoms with van der Waals surface area (Å²) in [6.07, 6.45) is 4.81. The number of carbonyl (C=O) groups excluding carboxylic acids is 3. The lowest BCUT2D eigenvalue weighted by Crippen LogP contribution is -2.25. The van der Waals surface area contributed by atoms with Crippen molar-refractivity contribution in [3.05, 3.63) is 99.7 Å². The van der Waals surface area contributed by atoms with E-state index in [1.54, 1.807) is 12.3 Å². The maximum Gasteiger partial charge on any atom is 0.269 e. The third-order valence-electron chi connectivity index (χ3n) is 7.96. The Labute approximate surface area is 258 Å². The number of amides is 3. The minimum atomic E-state index is -0.862. The van der Waals surface area contributed by atoms with Crippen molar-refractivity contribution in [2.75, 3.05) is 23.7 Å². The number of aromatic amines is 1. The fraction of sp³-hybridized carbons (Fsp3) is 0.242. The van der Waals surface area contributed by atoms with Gasteiger partial charge in [0.1, 0.15) is 5.92 Å². The minimum Gasteiger partial charge on any atom is -0.343 e. The summed E-state index contributed by atoms with van der Waals surface area (Å²) in [6, 6.07) is 19.5. The molecule has 1 fully saturated rings. The molecule has 0 aliphatic carbocycles. The van der Waals surface area contributed by atoms with Crippen LogP contribution in [-0.2, 0) is 20.8 Å². The topological polar surface area (TPSA) is 163 Å². The molecule has 1 aromatic heterocycles. The molecule has 2 aliphatic heterocycles. The Bertz CT molecular complexity index is 1810. The number of nitro groups is 1. The van der Waals surface area contributed by atoms with Gasteiger partial charge in [0.25, 0.3) is 5.69 Å². The van der Waals surface area contributed by atoms with Crippen LogP contribution in [-0.4, -0.2) is 56.3 Å². The van der Waals surface area contributed by atoms with E-state index in [1.807, 2.05) is 53.4 Å². The van der Waals surface area contributed by atoms with E-state index in [2.05, 4.69) is 20.6 Å². The normalized spacial score (nSPS) is 16.1. The number of hydrogen-bond donors (Lipinski definition) is 3. The zero-order valence-corrected chi connectivity index (χ0v) is 24.6. The molecule has 1 atom stereocenters. The van der Waals surface area contributed by atoms with Crippen LogP contribution in [0.3, 0.4) is 0 Å². The molecule has 0 bridgehead atoms. The number of nitro benzene ring substituents is 1. The highest BCUT2D eigenvalue weighted by molar-refractivity contribution is 6.24. The SMILES string of the molecule is CC(=O)Nc1ncc(-c2ccc(N=C(c3ccc(CCCN4CCCC4=O)cc3)C3C(=O)Nc4ccc([N+](=O)[O-])cc43)cc2)[nH]1. The van der Waals surface area contributed by atoms with Crippen molar-refractivity contribution >= 4 is 46.4 Å². The Hall–Kier alpha value is -5.65. The number of imidazole rings is 1. The van der Waals surface area contributed by atoms with E-state index in [0.717, 1.165) is 43.5 Å². The van der Waals surface area contributed by atoms with Crippen molar-refractivity contribution in [1.29, 1.82) is 0 Å². The van der Waals surface area contributed by atoms with E-state index in [-0.39, 0.29) is 23.4 Å². The third-order valence-corrected chi connectivity index (χ3v) is 7.96. The number of carbonyl (C=O) groups is 3. The van der Waals surface area contributed by atoms with Crippen LogP contribution in [0.2, 0.25) is 0 Å². The lowest BCUT2D eigenvalue weighted by molar-refractivity contribution is -0.384. The minimum absolute atomic E-state index is 0.107. The van der Waals surface area contributed by atoms with Crippen molar-refractivity contribution in [3.8, 4) is 11.3 Å². The maximum absolute atomic E-state index is 13.4. The van der Waals surface area contributed by atoms with Crippen LogP contribution in [0.15, 0.2) is 77.9 Å². The van der Waals surface area contributed by atoms with Gasteiger partial charge in [0, 0.05) is 49.8 Å². The molecule has 1 saturated heterocycles. The molecule has 45 heavy (non-hydrogen) atoms. The lowest BCUT2D eigenvalue weighted by Gasteiger charge is -2.16. The molecule has 3 N–H and O–H groups in total. The molecule has 3 aromatic carbocycles. The second-order valence-electron chi connectivity index (χ2n) is 11.1. The Morgan fingerprint density at radius 2 is 1.89 bits per heavy atom. The van der Waals surface area contributed by atoms with Gasteiger partial charge < -0.3 is 15.2 Å². The van der Waals surface area contributed by atoms with Crippen LogP contribution >= 0.6 is 0 Å². The highest BCUT2D eigenvalue weighted by atomic mass is 16.6. The van der Waals surface area contributed by atoms with E-state index < -0.39 is 10.8 Å². The number of hydrogen-bond acceptors (Lipinski definition) is 7.